The minimum absolute atomic E-state index is 0.170. The van der Waals surface area contributed by atoms with E-state index < -0.39 is 0 Å². The van der Waals surface area contributed by atoms with Gasteiger partial charge in [0.15, 0.2) is 0 Å². The van der Waals surface area contributed by atoms with Gasteiger partial charge in [0.25, 0.3) is 0 Å². The van der Waals surface area contributed by atoms with Crippen molar-refractivity contribution >= 4 is 12.2 Å². The maximum absolute atomic E-state index is 9.59. The van der Waals surface area contributed by atoms with Gasteiger partial charge in [0.2, 0.25) is 4.77 Å². The summed E-state index contributed by atoms with van der Waals surface area (Å²) in [5, 5.41) is 18.0. The molecule has 0 saturated carbocycles. The van der Waals surface area contributed by atoms with Crippen molar-refractivity contribution < 1.29 is 5.11 Å². The van der Waals surface area contributed by atoms with Crippen molar-refractivity contribution in [2.24, 2.45) is 0 Å². The first-order chi connectivity index (χ1) is 11.7. The van der Waals surface area contributed by atoms with Gasteiger partial charge in [-0.1, -0.05) is 25.5 Å². The molecule has 130 valence electrons. The summed E-state index contributed by atoms with van der Waals surface area (Å²) in [4.78, 5) is 2.25. The number of piperidine rings is 1. The number of unbranched alkanes of at least 4 members (excludes halogenated alkanes) is 1. The minimum atomic E-state index is -0.170. The molecule has 2 aromatic rings. The SMILES string of the molecule is CCCCc1ccc(-n2nnn(CN3CCC(O)CC3)c2=S)cc1. The van der Waals surface area contributed by atoms with Gasteiger partial charge in [0.05, 0.1) is 18.5 Å². The predicted molar refractivity (Wildman–Crippen MR) is 95.6 cm³/mol. The summed E-state index contributed by atoms with van der Waals surface area (Å²) < 4.78 is 4.05. The monoisotopic (exact) mass is 347 g/mol. The van der Waals surface area contributed by atoms with Gasteiger partial charge in [0, 0.05) is 13.1 Å². The van der Waals surface area contributed by atoms with Crippen LogP contribution in [0, 0.1) is 4.77 Å². The van der Waals surface area contributed by atoms with Gasteiger partial charge in [-0.15, -0.1) is 0 Å². The standard InChI is InChI=1S/C17H25N5OS/c1-2-3-4-14-5-7-15(8-6-14)22-17(24)21(18-19-22)13-20-11-9-16(23)10-12-20/h5-8,16,23H,2-4,9-13H2,1H3. The Kier molecular flexibility index (Phi) is 5.76. The van der Waals surface area contributed by atoms with E-state index in [1.54, 1.807) is 9.36 Å². The molecule has 2 heterocycles. The van der Waals surface area contributed by atoms with Crippen molar-refractivity contribution in [2.45, 2.75) is 51.8 Å². The summed E-state index contributed by atoms with van der Waals surface area (Å²) in [6.45, 7) is 4.55. The third-order valence-electron chi connectivity index (χ3n) is 4.53. The van der Waals surface area contributed by atoms with Crippen LogP contribution in [0.3, 0.4) is 0 Å². The number of tetrazole rings is 1. The molecule has 0 radical (unpaired) electrons. The molecule has 0 atom stereocenters. The van der Waals surface area contributed by atoms with Gasteiger partial charge in [0.1, 0.15) is 0 Å². The molecule has 0 aliphatic carbocycles. The second-order valence-electron chi connectivity index (χ2n) is 6.43. The highest BCUT2D eigenvalue weighted by molar-refractivity contribution is 7.71. The lowest BCUT2D eigenvalue weighted by atomic mass is 10.1. The van der Waals surface area contributed by atoms with Gasteiger partial charge in [-0.3, -0.25) is 4.90 Å². The van der Waals surface area contributed by atoms with E-state index in [9.17, 15) is 5.11 Å². The van der Waals surface area contributed by atoms with Crippen molar-refractivity contribution in [1.29, 1.82) is 0 Å². The average molecular weight is 347 g/mol. The number of aliphatic hydroxyl groups is 1. The number of nitrogens with zero attached hydrogens (tertiary/aromatic N) is 5. The van der Waals surface area contributed by atoms with E-state index in [2.05, 4.69) is 46.5 Å². The Bertz CT molecular complexity index is 701. The average Bonchev–Trinajstić information content (AvgIpc) is 2.96. The second-order valence-corrected chi connectivity index (χ2v) is 6.80. The summed E-state index contributed by atoms with van der Waals surface area (Å²) in [6, 6.07) is 8.38. The Labute approximate surface area is 147 Å². The Morgan fingerprint density at radius 3 is 2.54 bits per heavy atom. The molecule has 6 nitrogen and oxygen atoms in total. The molecule has 24 heavy (non-hydrogen) atoms. The van der Waals surface area contributed by atoms with Crippen LogP contribution in [0.1, 0.15) is 38.2 Å². The lowest BCUT2D eigenvalue weighted by Gasteiger charge is -2.28. The zero-order valence-corrected chi connectivity index (χ0v) is 15.0. The number of aliphatic hydroxyl groups excluding tert-OH is 1. The van der Waals surface area contributed by atoms with Crippen molar-refractivity contribution in [3.05, 3.63) is 34.6 Å². The molecule has 1 aromatic carbocycles. The molecule has 1 fully saturated rings. The van der Waals surface area contributed by atoms with Gasteiger partial charge in [-0.25, -0.2) is 4.68 Å². The minimum Gasteiger partial charge on any atom is -0.393 e. The highest BCUT2D eigenvalue weighted by atomic mass is 32.1. The van der Waals surface area contributed by atoms with Crippen molar-refractivity contribution in [2.75, 3.05) is 13.1 Å². The molecule has 0 amide bonds. The van der Waals surface area contributed by atoms with Crippen LogP contribution in [0.5, 0.6) is 0 Å². The second kappa shape index (κ2) is 8.00. The van der Waals surface area contributed by atoms with Crippen LogP contribution in [0.2, 0.25) is 0 Å². The normalized spacial score (nSPS) is 16.6. The Morgan fingerprint density at radius 1 is 1.17 bits per heavy atom. The molecule has 1 aliphatic rings. The predicted octanol–water partition coefficient (Wildman–Crippen LogP) is 2.56. The Morgan fingerprint density at radius 2 is 1.88 bits per heavy atom. The van der Waals surface area contributed by atoms with E-state index in [0.29, 0.717) is 11.4 Å². The van der Waals surface area contributed by atoms with Gasteiger partial charge >= 0.3 is 0 Å². The van der Waals surface area contributed by atoms with Crippen LogP contribution in [0.25, 0.3) is 5.69 Å². The van der Waals surface area contributed by atoms with E-state index >= 15 is 0 Å². The van der Waals surface area contributed by atoms with E-state index in [-0.39, 0.29) is 6.10 Å². The van der Waals surface area contributed by atoms with Gasteiger partial charge < -0.3 is 5.11 Å². The van der Waals surface area contributed by atoms with Crippen LogP contribution in [0.4, 0.5) is 0 Å². The van der Waals surface area contributed by atoms with Crippen LogP contribution >= 0.6 is 12.2 Å². The summed E-state index contributed by atoms with van der Waals surface area (Å²) in [5.74, 6) is 0. The van der Waals surface area contributed by atoms with Gasteiger partial charge in [-0.2, -0.15) is 4.68 Å². The number of likely N-dealkylation sites (tertiary alicyclic amines) is 1. The molecule has 0 unspecified atom stereocenters. The first-order valence-electron chi connectivity index (χ1n) is 8.70. The highest BCUT2D eigenvalue weighted by Gasteiger charge is 2.18. The largest absolute Gasteiger partial charge is 0.393 e. The smallest absolute Gasteiger partial charge is 0.221 e. The summed E-state index contributed by atoms with van der Waals surface area (Å²) >= 11 is 5.53. The molecule has 1 saturated heterocycles. The quantitative estimate of drug-likeness (QED) is 0.814. The van der Waals surface area contributed by atoms with Crippen LogP contribution in [-0.4, -0.2) is 49.0 Å². The van der Waals surface area contributed by atoms with E-state index in [1.807, 2.05) is 0 Å². The van der Waals surface area contributed by atoms with Crippen molar-refractivity contribution in [3.8, 4) is 5.69 Å². The lowest BCUT2D eigenvalue weighted by molar-refractivity contribution is 0.0647. The van der Waals surface area contributed by atoms with Crippen LogP contribution < -0.4 is 0 Å². The van der Waals surface area contributed by atoms with Crippen molar-refractivity contribution in [3.63, 3.8) is 0 Å². The summed E-state index contributed by atoms with van der Waals surface area (Å²) in [5.41, 5.74) is 2.28. The van der Waals surface area contributed by atoms with Crippen LogP contribution in [-0.2, 0) is 13.1 Å². The zero-order chi connectivity index (χ0) is 16.9. The molecule has 0 spiro atoms. The molecule has 1 N–H and O–H groups in total. The fourth-order valence-electron chi connectivity index (χ4n) is 2.96. The number of rotatable bonds is 6. The number of aromatic nitrogens is 4. The molecule has 1 aromatic heterocycles. The fourth-order valence-corrected chi connectivity index (χ4v) is 3.20. The molecule has 0 bridgehead atoms. The molecule has 3 rings (SSSR count). The third-order valence-corrected chi connectivity index (χ3v) is 4.91. The first kappa shape index (κ1) is 17.3. The molecular weight excluding hydrogens is 322 g/mol. The van der Waals surface area contributed by atoms with Crippen LogP contribution in [0.15, 0.2) is 24.3 Å². The van der Waals surface area contributed by atoms with E-state index in [4.69, 9.17) is 12.2 Å². The molecule has 7 heteroatoms. The molecular formula is C17H25N5OS. The topological polar surface area (TPSA) is 59.1 Å². The number of hydrogen-bond donors (Lipinski definition) is 1. The number of benzene rings is 1. The summed E-state index contributed by atoms with van der Waals surface area (Å²) in [6.07, 6.45) is 4.96. The molecule has 1 aliphatic heterocycles. The highest BCUT2D eigenvalue weighted by Crippen LogP contribution is 2.13. The lowest BCUT2D eigenvalue weighted by Crippen LogP contribution is -2.37. The fraction of sp³-hybridized carbons (Fsp3) is 0.588. The summed E-state index contributed by atoms with van der Waals surface area (Å²) in [7, 11) is 0. The van der Waals surface area contributed by atoms with E-state index in [1.165, 1.54) is 18.4 Å². The maximum atomic E-state index is 9.59. The third kappa shape index (κ3) is 4.09. The van der Waals surface area contributed by atoms with E-state index in [0.717, 1.165) is 38.0 Å². The first-order valence-corrected chi connectivity index (χ1v) is 9.10. The van der Waals surface area contributed by atoms with Crippen molar-refractivity contribution in [1.82, 2.24) is 24.7 Å². The number of hydrogen-bond acceptors (Lipinski definition) is 5. The Balaban J connectivity index is 1.69. The number of aryl methyl sites for hydroxylation is 1. The zero-order valence-electron chi connectivity index (χ0n) is 14.1. The maximum Gasteiger partial charge on any atom is 0.221 e. The Hall–Kier alpha value is -1.57. The van der Waals surface area contributed by atoms with Gasteiger partial charge in [-0.05, 0) is 66.0 Å².